The molecule has 0 aliphatic carbocycles. The van der Waals surface area contributed by atoms with E-state index in [9.17, 15) is 15.0 Å². The minimum Gasteiger partial charge on any atom is -0.508 e. The number of methoxy groups -OCH3 is 1. The third-order valence-electron chi connectivity index (χ3n) is 3.25. The Morgan fingerprint density at radius 2 is 1.95 bits per heavy atom. The summed E-state index contributed by atoms with van der Waals surface area (Å²) in [5, 5.41) is 19.7. The maximum atomic E-state index is 12.5. The molecule has 3 rings (SSSR count). The summed E-state index contributed by atoms with van der Waals surface area (Å²) in [6, 6.07) is 8.93. The highest BCUT2D eigenvalue weighted by Crippen LogP contribution is 2.31. The molecule has 0 spiro atoms. The first-order valence-corrected chi connectivity index (χ1v) is 6.22. The van der Waals surface area contributed by atoms with Gasteiger partial charge in [-0.2, -0.15) is 0 Å². The second-order valence-electron chi connectivity index (χ2n) is 4.54. The van der Waals surface area contributed by atoms with Gasteiger partial charge in [-0.05, 0) is 24.3 Å². The Hall–Kier alpha value is -2.95. The fourth-order valence-electron chi connectivity index (χ4n) is 2.17. The van der Waals surface area contributed by atoms with E-state index in [1.807, 2.05) is 0 Å². The molecule has 3 aromatic rings. The van der Waals surface area contributed by atoms with E-state index in [4.69, 9.17) is 9.15 Å². The van der Waals surface area contributed by atoms with E-state index in [2.05, 4.69) is 0 Å². The third-order valence-corrected chi connectivity index (χ3v) is 3.25. The summed E-state index contributed by atoms with van der Waals surface area (Å²) in [6.07, 6.45) is 1.27. The molecule has 0 unspecified atom stereocenters. The van der Waals surface area contributed by atoms with Gasteiger partial charge < -0.3 is 19.4 Å². The molecular weight excluding hydrogens is 274 g/mol. The lowest BCUT2D eigenvalue weighted by atomic mass is 10.1. The van der Waals surface area contributed by atoms with Crippen LogP contribution in [-0.2, 0) is 0 Å². The van der Waals surface area contributed by atoms with Crippen molar-refractivity contribution in [1.82, 2.24) is 0 Å². The fraction of sp³-hybridized carbons (Fsp3) is 0.0625. The van der Waals surface area contributed by atoms with Crippen LogP contribution in [-0.4, -0.2) is 17.3 Å². The van der Waals surface area contributed by atoms with Crippen molar-refractivity contribution in [2.45, 2.75) is 0 Å². The first-order valence-electron chi connectivity index (χ1n) is 6.22. The highest BCUT2D eigenvalue weighted by Gasteiger charge is 2.13. The van der Waals surface area contributed by atoms with Crippen LogP contribution >= 0.6 is 0 Å². The smallest absolute Gasteiger partial charge is 0.200 e. The van der Waals surface area contributed by atoms with Crippen molar-refractivity contribution in [3.8, 4) is 28.4 Å². The van der Waals surface area contributed by atoms with E-state index in [-0.39, 0.29) is 28.1 Å². The van der Waals surface area contributed by atoms with Crippen molar-refractivity contribution >= 4 is 11.0 Å². The van der Waals surface area contributed by atoms with Crippen LogP contribution in [0.25, 0.3) is 22.1 Å². The Morgan fingerprint density at radius 1 is 1.14 bits per heavy atom. The fourth-order valence-corrected chi connectivity index (χ4v) is 2.17. The SMILES string of the molecule is COc1ccc(-c2[14cH]oc3cc(O)ccc3c2=O)c(O)c1. The maximum absolute atomic E-state index is 12.5. The third kappa shape index (κ3) is 2.18. The molecule has 5 heteroatoms. The average Bonchev–Trinajstić information content (AvgIpc) is 2.48. The summed E-state index contributed by atoms with van der Waals surface area (Å²) in [5.41, 5.74) is 0.612. The molecule has 0 aliphatic heterocycles. The van der Waals surface area contributed by atoms with Crippen LogP contribution in [0.3, 0.4) is 0 Å². The Bertz CT molecular complexity index is 879. The molecule has 0 atom stereocenters. The van der Waals surface area contributed by atoms with E-state index in [0.29, 0.717) is 16.7 Å². The summed E-state index contributed by atoms with van der Waals surface area (Å²) < 4.78 is 10.4. The zero-order valence-electron chi connectivity index (χ0n) is 11.2. The summed E-state index contributed by atoms with van der Waals surface area (Å²) in [6.45, 7) is 0. The Balaban J connectivity index is 2.24. The Kier molecular flexibility index (Phi) is 3.02. The average molecular weight is 286 g/mol. The lowest BCUT2D eigenvalue weighted by molar-refractivity contribution is 0.408. The van der Waals surface area contributed by atoms with Crippen LogP contribution in [0.15, 0.2) is 51.9 Å². The van der Waals surface area contributed by atoms with Crippen LogP contribution in [0.5, 0.6) is 17.2 Å². The quantitative estimate of drug-likeness (QED) is 0.757. The number of rotatable bonds is 2. The lowest BCUT2D eigenvalue weighted by Gasteiger charge is -2.07. The Morgan fingerprint density at radius 3 is 2.67 bits per heavy atom. The number of hydrogen-bond acceptors (Lipinski definition) is 5. The molecular formula is C16H12O5. The molecule has 1 aromatic heterocycles. The molecule has 0 radical (unpaired) electrons. The van der Waals surface area contributed by atoms with Gasteiger partial charge in [-0.1, -0.05) is 0 Å². The van der Waals surface area contributed by atoms with Gasteiger partial charge >= 0.3 is 0 Å². The first-order chi connectivity index (χ1) is 10.1. The molecule has 0 fully saturated rings. The number of ether oxygens (including phenoxy) is 1. The van der Waals surface area contributed by atoms with Crippen LogP contribution in [0.1, 0.15) is 0 Å². The molecule has 2 N–H and O–H groups in total. The van der Waals surface area contributed by atoms with Gasteiger partial charge in [0.15, 0.2) is 0 Å². The molecule has 5 nitrogen and oxygen atoms in total. The minimum absolute atomic E-state index is 0.0192. The highest BCUT2D eigenvalue weighted by molar-refractivity contribution is 5.83. The molecule has 0 saturated carbocycles. The number of benzene rings is 2. The molecule has 0 aliphatic rings. The topological polar surface area (TPSA) is 79.9 Å². The second kappa shape index (κ2) is 4.86. The van der Waals surface area contributed by atoms with Gasteiger partial charge in [0, 0.05) is 17.7 Å². The number of phenolic OH excluding ortho intramolecular Hbond substituents is 2. The van der Waals surface area contributed by atoms with Gasteiger partial charge in [-0.3, -0.25) is 4.79 Å². The van der Waals surface area contributed by atoms with Crippen LogP contribution in [0.4, 0.5) is 0 Å². The largest absolute Gasteiger partial charge is 0.508 e. The monoisotopic (exact) mass is 286 g/mol. The van der Waals surface area contributed by atoms with Gasteiger partial charge in [-0.25, -0.2) is 0 Å². The number of fused-ring (bicyclic) bond motifs is 1. The number of hydrogen-bond donors (Lipinski definition) is 2. The van der Waals surface area contributed by atoms with E-state index >= 15 is 0 Å². The van der Waals surface area contributed by atoms with Gasteiger partial charge in [0.25, 0.3) is 0 Å². The second-order valence-corrected chi connectivity index (χ2v) is 4.54. The number of phenols is 2. The first kappa shape index (κ1) is 13.1. The summed E-state index contributed by atoms with van der Waals surface area (Å²) in [7, 11) is 1.49. The Labute approximate surface area is 119 Å². The van der Waals surface area contributed by atoms with Crippen molar-refractivity contribution in [3.63, 3.8) is 0 Å². The normalized spacial score (nSPS) is 10.7. The molecule has 0 bridgehead atoms. The molecule has 2 aromatic carbocycles. The van der Waals surface area contributed by atoms with Crippen molar-refractivity contribution in [1.29, 1.82) is 0 Å². The van der Waals surface area contributed by atoms with Gasteiger partial charge in [0.1, 0.15) is 29.1 Å². The molecule has 0 saturated heterocycles. The van der Waals surface area contributed by atoms with E-state index in [1.54, 1.807) is 12.1 Å². The molecule has 21 heavy (non-hydrogen) atoms. The van der Waals surface area contributed by atoms with Gasteiger partial charge in [-0.15, -0.1) is 0 Å². The zero-order chi connectivity index (χ0) is 15.0. The zero-order valence-corrected chi connectivity index (χ0v) is 11.2. The summed E-state index contributed by atoms with van der Waals surface area (Å²) in [4.78, 5) is 12.5. The van der Waals surface area contributed by atoms with Crippen LogP contribution < -0.4 is 10.2 Å². The van der Waals surface area contributed by atoms with E-state index in [1.165, 1.54) is 37.6 Å². The predicted molar refractivity (Wildman–Crippen MR) is 77.8 cm³/mol. The van der Waals surface area contributed by atoms with Crippen LogP contribution in [0.2, 0.25) is 0 Å². The van der Waals surface area contributed by atoms with Gasteiger partial charge in [0.2, 0.25) is 5.43 Å². The highest BCUT2D eigenvalue weighted by atomic mass is 16.5. The molecule has 0 amide bonds. The van der Waals surface area contributed by atoms with Crippen LogP contribution in [0, 0.1) is 0 Å². The summed E-state index contributed by atoms with van der Waals surface area (Å²) in [5.74, 6) is 0.442. The maximum Gasteiger partial charge on any atom is 0.200 e. The van der Waals surface area contributed by atoms with Crippen molar-refractivity contribution < 1.29 is 19.4 Å². The van der Waals surface area contributed by atoms with Gasteiger partial charge in [0.05, 0.1) is 18.1 Å². The lowest BCUT2D eigenvalue weighted by Crippen LogP contribution is -2.04. The molecule has 1 heterocycles. The standard InChI is InChI=1S/C16H12O5/c1-20-10-3-5-11(14(18)7-10)13-8-21-15-6-9(17)2-4-12(15)16(13)19/h2-8,17-18H,1H3/i8+2. The van der Waals surface area contributed by atoms with E-state index in [0.717, 1.165) is 0 Å². The molecule has 106 valence electrons. The van der Waals surface area contributed by atoms with Crippen molar-refractivity contribution in [2.75, 3.05) is 7.11 Å². The number of aromatic hydroxyl groups is 2. The predicted octanol–water partition coefficient (Wildman–Crippen LogP) is 2.88. The van der Waals surface area contributed by atoms with E-state index < -0.39 is 0 Å². The summed E-state index contributed by atoms with van der Waals surface area (Å²) >= 11 is 0. The van der Waals surface area contributed by atoms with Crippen molar-refractivity contribution in [3.05, 3.63) is 52.9 Å². The minimum atomic E-state index is -0.281. The van der Waals surface area contributed by atoms with Crippen molar-refractivity contribution in [2.24, 2.45) is 0 Å².